The number of halogens is 1. The molecule has 0 aromatic carbocycles. The molecule has 0 radical (unpaired) electrons. The summed E-state index contributed by atoms with van der Waals surface area (Å²) in [6.45, 7) is 5.31. The van der Waals surface area contributed by atoms with Crippen LogP contribution in [0.1, 0.15) is 26.7 Å². The van der Waals surface area contributed by atoms with E-state index in [2.05, 4.69) is 10.6 Å². The lowest BCUT2D eigenvalue weighted by Gasteiger charge is -2.34. The lowest BCUT2D eigenvalue weighted by molar-refractivity contribution is -0.133. The molecule has 7 heteroatoms. The Kier molecular flexibility index (Phi) is 7.12. The highest BCUT2D eigenvalue weighted by molar-refractivity contribution is 7.99. The van der Waals surface area contributed by atoms with Crippen molar-refractivity contribution in [3.05, 3.63) is 0 Å². The van der Waals surface area contributed by atoms with Gasteiger partial charge in [0, 0.05) is 36.7 Å². The van der Waals surface area contributed by atoms with E-state index in [0.29, 0.717) is 0 Å². The minimum Gasteiger partial charge on any atom is -0.353 e. The molecule has 1 unspecified atom stereocenters. The molecule has 2 N–H and O–H groups in total. The Labute approximate surface area is 131 Å². The van der Waals surface area contributed by atoms with E-state index in [9.17, 15) is 9.59 Å². The lowest BCUT2D eigenvalue weighted by Crippen LogP contribution is -2.51. The molecule has 2 heterocycles. The van der Waals surface area contributed by atoms with Gasteiger partial charge in [-0.3, -0.25) is 14.9 Å². The standard InChI is InChI=1S/C13H23N3O2S.ClH/c1-9(2)12(17)15-10-3-5-16(6-4-10)13(18)11-7-19-8-14-11;/h9-11,14H,3-8H2,1-2H3,(H,15,17);1H. The van der Waals surface area contributed by atoms with Gasteiger partial charge in [0.15, 0.2) is 0 Å². The summed E-state index contributed by atoms with van der Waals surface area (Å²) in [5.41, 5.74) is 0. The molecule has 0 aromatic rings. The summed E-state index contributed by atoms with van der Waals surface area (Å²) in [5.74, 6) is 2.11. The number of nitrogens with zero attached hydrogens (tertiary/aromatic N) is 1. The van der Waals surface area contributed by atoms with Crippen molar-refractivity contribution >= 4 is 36.0 Å². The zero-order chi connectivity index (χ0) is 13.8. The van der Waals surface area contributed by atoms with E-state index >= 15 is 0 Å². The normalized spacial score (nSPS) is 23.6. The maximum absolute atomic E-state index is 12.2. The summed E-state index contributed by atoms with van der Waals surface area (Å²) < 4.78 is 0. The van der Waals surface area contributed by atoms with Crippen LogP contribution < -0.4 is 10.6 Å². The van der Waals surface area contributed by atoms with Crippen molar-refractivity contribution in [3.8, 4) is 0 Å². The maximum atomic E-state index is 12.2. The highest BCUT2D eigenvalue weighted by Crippen LogP contribution is 2.16. The van der Waals surface area contributed by atoms with E-state index in [1.54, 1.807) is 11.8 Å². The fourth-order valence-electron chi connectivity index (χ4n) is 2.39. The second kappa shape index (κ2) is 8.10. The average Bonchev–Trinajstić information content (AvgIpc) is 2.92. The summed E-state index contributed by atoms with van der Waals surface area (Å²) in [6.07, 6.45) is 1.73. The van der Waals surface area contributed by atoms with Crippen molar-refractivity contribution in [1.82, 2.24) is 15.5 Å². The molecule has 0 aromatic heterocycles. The maximum Gasteiger partial charge on any atom is 0.240 e. The summed E-state index contributed by atoms with van der Waals surface area (Å²) >= 11 is 1.77. The van der Waals surface area contributed by atoms with Crippen LogP contribution in [-0.4, -0.2) is 53.5 Å². The summed E-state index contributed by atoms with van der Waals surface area (Å²) in [4.78, 5) is 25.8. The topological polar surface area (TPSA) is 61.4 Å². The van der Waals surface area contributed by atoms with Gasteiger partial charge in [0.2, 0.25) is 11.8 Å². The van der Waals surface area contributed by atoms with E-state index in [1.165, 1.54) is 0 Å². The zero-order valence-corrected chi connectivity index (χ0v) is 13.7. The predicted octanol–water partition coefficient (Wildman–Crippen LogP) is 0.834. The van der Waals surface area contributed by atoms with Gasteiger partial charge in [0.25, 0.3) is 0 Å². The Balaban J connectivity index is 0.00000200. The number of likely N-dealkylation sites (tertiary alicyclic amines) is 1. The monoisotopic (exact) mass is 321 g/mol. The Morgan fingerprint density at radius 2 is 1.95 bits per heavy atom. The SMILES string of the molecule is CC(C)C(=O)NC1CCN(C(=O)C2CSCN2)CC1.Cl. The van der Waals surface area contributed by atoms with E-state index in [-0.39, 0.29) is 42.2 Å². The van der Waals surface area contributed by atoms with Gasteiger partial charge < -0.3 is 10.2 Å². The van der Waals surface area contributed by atoms with Gasteiger partial charge in [-0.1, -0.05) is 13.8 Å². The molecule has 1 atom stereocenters. The van der Waals surface area contributed by atoms with E-state index in [0.717, 1.165) is 37.6 Å². The zero-order valence-electron chi connectivity index (χ0n) is 12.1. The minimum atomic E-state index is -0.00759. The second-order valence-corrected chi connectivity index (χ2v) is 6.56. The Hall–Kier alpha value is -0.460. The van der Waals surface area contributed by atoms with Gasteiger partial charge in [-0.2, -0.15) is 0 Å². The number of hydrogen-bond donors (Lipinski definition) is 2. The first kappa shape index (κ1) is 17.6. The molecule has 5 nitrogen and oxygen atoms in total. The number of amides is 2. The van der Waals surface area contributed by atoms with Crippen LogP contribution in [0.15, 0.2) is 0 Å². The molecule has 2 rings (SSSR count). The third-order valence-corrected chi connectivity index (χ3v) is 4.63. The molecule has 0 bridgehead atoms. The lowest BCUT2D eigenvalue weighted by atomic mass is 10.0. The van der Waals surface area contributed by atoms with Crippen LogP contribution in [-0.2, 0) is 9.59 Å². The molecule has 2 fully saturated rings. The van der Waals surface area contributed by atoms with Crippen LogP contribution in [0.5, 0.6) is 0 Å². The van der Waals surface area contributed by atoms with Crippen LogP contribution in [0.25, 0.3) is 0 Å². The van der Waals surface area contributed by atoms with Gasteiger partial charge in [-0.15, -0.1) is 24.2 Å². The van der Waals surface area contributed by atoms with Crippen molar-refractivity contribution in [3.63, 3.8) is 0 Å². The third kappa shape index (κ3) is 4.53. The highest BCUT2D eigenvalue weighted by Gasteiger charge is 2.30. The largest absolute Gasteiger partial charge is 0.353 e. The van der Waals surface area contributed by atoms with E-state index in [1.807, 2.05) is 18.7 Å². The van der Waals surface area contributed by atoms with Crippen LogP contribution in [0, 0.1) is 5.92 Å². The number of piperidine rings is 1. The number of hydrogen-bond acceptors (Lipinski definition) is 4. The number of thioether (sulfide) groups is 1. The number of nitrogens with one attached hydrogen (secondary N) is 2. The number of carbonyl (C=O) groups is 2. The fraction of sp³-hybridized carbons (Fsp3) is 0.846. The van der Waals surface area contributed by atoms with E-state index in [4.69, 9.17) is 0 Å². The number of carbonyl (C=O) groups excluding carboxylic acids is 2. The first-order chi connectivity index (χ1) is 9.08. The van der Waals surface area contributed by atoms with Gasteiger partial charge in [0.05, 0.1) is 6.04 Å². The molecular formula is C13H24ClN3O2S. The van der Waals surface area contributed by atoms with Crippen molar-refractivity contribution < 1.29 is 9.59 Å². The van der Waals surface area contributed by atoms with Crippen molar-refractivity contribution in [2.75, 3.05) is 24.7 Å². The third-order valence-electron chi connectivity index (χ3n) is 3.69. The molecule has 20 heavy (non-hydrogen) atoms. The first-order valence-electron chi connectivity index (χ1n) is 6.98. The molecule has 0 aliphatic carbocycles. The van der Waals surface area contributed by atoms with Gasteiger partial charge >= 0.3 is 0 Å². The van der Waals surface area contributed by atoms with Gasteiger partial charge in [-0.05, 0) is 12.8 Å². The Morgan fingerprint density at radius 1 is 1.30 bits per heavy atom. The van der Waals surface area contributed by atoms with Crippen molar-refractivity contribution in [2.45, 2.75) is 38.8 Å². The van der Waals surface area contributed by atoms with Crippen LogP contribution in [0.2, 0.25) is 0 Å². The number of rotatable bonds is 3. The fourth-order valence-corrected chi connectivity index (χ4v) is 3.32. The predicted molar refractivity (Wildman–Crippen MR) is 84.1 cm³/mol. The molecule has 2 aliphatic rings. The van der Waals surface area contributed by atoms with Gasteiger partial charge in [0.1, 0.15) is 0 Å². The van der Waals surface area contributed by atoms with Crippen LogP contribution >= 0.6 is 24.2 Å². The molecule has 2 amide bonds. The first-order valence-corrected chi connectivity index (χ1v) is 8.13. The second-order valence-electron chi connectivity index (χ2n) is 5.53. The van der Waals surface area contributed by atoms with Crippen molar-refractivity contribution in [1.29, 1.82) is 0 Å². The van der Waals surface area contributed by atoms with Crippen LogP contribution in [0.3, 0.4) is 0 Å². The molecule has 2 aliphatic heterocycles. The summed E-state index contributed by atoms with van der Waals surface area (Å²) in [6, 6.07) is 0.219. The molecule has 0 spiro atoms. The molecule has 0 saturated carbocycles. The molecule has 116 valence electrons. The smallest absolute Gasteiger partial charge is 0.240 e. The van der Waals surface area contributed by atoms with Crippen LogP contribution in [0.4, 0.5) is 0 Å². The quantitative estimate of drug-likeness (QED) is 0.808. The molecular weight excluding hydrogens is 298 g/mol. The van der Waals surface area contributed by atoms with Crippen molar-refractivity contribution in [2.24, 2.45) is 5.92 Å². The summed E-state index contributed by atoms with van der Waals surface area (Å²) in [7, 11) is 0. The Bertz CT molecular complexity index is 341. The van der Waals surface area contributed by atoms with Gasteiger partial charge in [-0.25, -0.2) is 0 Å². The average molecular weight is 322 g/mol. The summed E-state index contributed by atoms with van der Waals surface area (Å²) in [5, 5.41) is 6.26. The Morgan fingerprint density at radius 3 is 2.45 bits per heavy atom. The highest BCUT2D eigenvalue weighted by atomic mass is 35.5. The minimum absolute atomic E-state index is 0. The molecule has 2 saturated heterocycles. The van der Waals surface area contributed by atoms with E-state index < -0.39 is 0 Å².